The van der Waals surface area contributed by atoms with E-state index in [1.807, 2.05) is 32.0 Å². The molecule has 1 amide bonds. The van der Waals surface area contributed by atoms with Crippen molar-refractivity contribution in [2.45, 2.75) is 19.9 Å². The molecule has 3 aromatic carbocycles. The molecule has 1 unspecified atom stereocenters. The second-order valence-electron chi connectivity index (χ2n) is 7.74. The summed E-state index contributed by atoms with van der Waals surface area (Å²) in [6, 6.07) is 18.6. The van der Waals surface area contributed by atoms with Gasteiger partial charge in [0.25, 0.3) is 11.5 Å². The highest BCUT2D eigenvalue weighted by Gasteiger charge is 2.27. The van der Waals surface area contributed by atoms with Crippen LogP contribution >= 0.6 is 23.2 Å². The molecule has 4 rings (SSSR count). The second kappa shape index (κ2) is 9.87. The van der Waals surface area contributed by atoms with Crippen LogP contribution in [0, 0.1) is 0 Å². The molecule has 1 atom stereocenters. The molecule has 4 aromatic rings. The Morgan fingerprint density at radius 2 is 1.79 bits per heavy atom. The van der Waals surface area contributed by atoms with Crippen LogP contribution in [-0.4, -0.2) is 34.0 Å². The number of amides is 1. The maximum absolute atomic E-state index is 13.7. The SMILES string of the molecule is CCOc1ccccc1-n1c(C(C)N(C)C(=O)c2ccc(Cl)cc2Cl)nc2ccccc2c1=O. The van der Waals surface area contributed by atoms with Crippen LogP contribution in [0.25, 0.3) is 16.6 Å². The number of ether oxygens (including phenoxy) is 1. The van der Waals surface area contributed by atoms with E-state index in [2.05, 4.69) is 0 Å². The molecule has 0 fully saturated rings. The van der Waals surface area contributed by atoms with Crippen LogP contribution in [0.3, 0.4) is 0 Å². The molecule has 0 aliphatic heterocycles. The summed E-state index contributed by atoms with van der Waals surface area (Å²) in [5, 5.41) is 1.16. The topological polar surface area (TPSA) is 64.4 Å². The molecule has 0 aliphatic carbocycles. The lowest BCUT2D eigenvalue weighted by atomic mass is 10.1. The van der Waals surface area contributed by atoms with E-state index in [4.69, 9.17) is 32.9 Å². The van der Waals surface area contributed by atoms with Gasteiger partial charge in [-0.05, 0) is 56.3 Å². The normalized spacial score (nSPS) is 11.9. The van der Waals surface area contributed by atoms with Crippen LogP contribution in [0.2, 0.25) is 10.0 Å². The van der Waals surface area contributed by atoms with E-state index >= 15 is 0 Å². The molecular formula is C26H23Cl2N3O3. The van der Waals surface area contributed by atoms with Crippen LogP contribution in [0.4, 0.5) is 0 Å². The number of hydrogen-bond donors (Lipinski definition) is 0. The molecule has 0 aliphatic rings. The molecular weight excluding hydrogens is 473 g/mol. The Labute approximate surface area is 207 Å². The van der Waals surface area contributed by atoms with Crippen LogP contribution in [-0.2, 0) is 0 Å². The Hall–Kier alpha value is -3.35. The minimum absolute atomic E-state index is 0.245. The molecule has 0 radical (unpaired) electrons. The van der Waals surface area contributed by atoms with Crippen molar-refractivity contribution in [1.82, 2.24) is 14.5 Å². The van der Waals surface area contributed by atoms with Crippen LogP contribution in [0.5, 0.6) is 5.75 Å². The summed E-state index contributed by atoms with van der Waals surface area (Å²) in [7, 11) is 1.65. The fourth-order valence-electron chi connectivity index (χ4n) is 3.78. The van der Waals surface area contributed by atoms with Crippen molar-refractivity contribution in [1.29, 1.82) is 0 Å². The van der Waals surface area contributed by atoms with Gasteiger partial charge < -0.3 is 9.64 Å². The highest BCUT2D eigenvalue weighted by molar-refractivity contribution is 6.36. The number of aromatic nitrogens is 2. The van der Waals surface area contributed by atoms with E-state index in [9.17, 15) is 9.59 Å². The third-order valence-electron chi connectivity index (χ3n) is 5.64. The lowest BCUT2D eigenvalue weighted by molar-refractivity contribution is 0.0735. The van der Waals surface area contributed by atoms with Crippen molar-refractivity contribution < 1.29 is 9.53 Å². The Balaban J connectivity index is 1.90. The first-order chi connectivity index (χ1) is 16.3. The van der Waals surface area contributed by atoms with E-state index in [-0.39, 0.29) is 16.5 Å². The smallest absolute Gasteiger partial charge is 0.266 e. The molecule has 6 nitrogen and oxygen atoms in total. The first-order valence-electron chi connectivity index (χ1n) is 10.8. The van der Waals surface area contributed by atoms with Crippen molar-refractivity contribution in [3.63, 3.8) is 0 Å². The number of carbonyl (C=O) groups excluding carboxylic acids is 1. The molecule has 0 spiro atoms. The number of hydrogen-bond acceptors (Lipinski definition) is 4. The third-order valence-corrected chi connectivity index (χ3v) is 6.19. The van der Waals surface area contributed by atoms with Crippen molar-refractivity contribution in [3.8, 4) is 11.4 Å². The van der Waals surface area contributed by atoms with Gasteiger partial charge in [-0.2, -0.15) is 0 Å². The molecule has 0 N–H and O–H groups in total. The van der Waals surface area contributed by atoms with Gasteiger partial charge in [-0.3, -0.25) is 14.2 Å². The summed E-state index contributed by atoms with van der Waals surface area (Å²) in [4.78, 5) is 33.3. The number of carbonyl (C=O) groups is 1. The van der Waals surface area contributed by atoms with Gasteiger partial charge in [0.2, 0.25) is 0 Å². The summed E-state index contributed by atoms with van der Waals surface area (Å²) in [5.74, 6) is 0.630. The van der Waals surface area contributed by atoms with E-state index in [0.29, 0.717) is 45.4 Å². The average molecular weight is 496 g/mol. The van der Waals surface area contributed by atoms with Gasteiger partial charge in [0.15, 0.2) is 0 Å². The maximum atomic E-state index is 13.7. The van der Waals surface area contributed by atoms with Gasteiger partial charge in [0, 0.05) is 12.1 Å². The zero-order chi connectivity index (χ0) is 24.4. The zero-order valence-electron chi connectivity index (χ0n) is 19.0. The summed E-state index contributed by atoms with van der Waals surface area (Å²) >= 11 is 12.3. The Bertz CT molecular complexity index is 1430. The number of fused-ring (bicyclic) bond motifs is 1. The zero-order valence-corrected chi connectivity index (χ0v) is 20.5. The number of rotatable bonds is 6. The maximum Gasteiger partial charge on any atom is 0.266 e. The van der Waals surface area contributed by atoms with Crippen molar-refractivity contribution in [2.75, 3.05) is 13.7 Å². The molecule has 0 saturated heterocycles. The van der Waals surface area contributed by atoms with Gasteiger partial charge in [0.05, 0.1) is 39.8 Å². The summed E-state index contributed by atoms with van der Waals surface area (Å²) < 4.78 is 7.32. The lowest BCUT2D eigenvalue weighted by Gasteiger charge is -2.28. The third kappa shape index (κ3) is 4.39. The lowest BCUT2D eigenvalue weighted by Crippen LogP contribution is -2.35. The molecule has 34 heavy (non-hydrogen) atoms. The molecule has 8 heteroatoms. The number of halogens is 2. The fourth-order valence-corrected chi connectivity index (χ4v) is 4.27. The molecule has 0 saturated carbocycles. The average Bonchev–Trinajstić information content (AvgIpc) is 2.83. The van der Waals surface area contributed by atoms with Crippen LogP contribution in [0.1, 0.15) is 36.1 Å². The largest absolute Gasteiger partial charge is 0.492 e. The molecule has 0 bridgehead atoms. The molecule has 174 valence electrons. The van der Waals surface area contributed by atoms with Crippen LogP contribution in [0.15, 0.2) is 71.5 Å². The van der Waals surface area contributed by atoms with Gasteiger partial charge in [-0.1, -0.05) is 47.5 Å². The van der Waals surface area contributed by atoms with Gasteiger partial charge in [-0.15, -0.1) is 0 Å². The number of benzene rings is 3. The molecule has 1 aromatic heterocycles. The van der Waals surface area contributed by atoms with E-state index in [1.54, 1.807) is 49.5 Å². The monoisotopic (exact) mass is 495 g/mol. The highest BCUT2D eigenvalue weighted by atomic mass is 35.5. The first-order valence-corrected chi connectivity index (χ1v) is 11.5. The molecule has 1 heterocycles. The van der Waals surface area contributed by atoms with Gasteiger partial charge >= 0.3 is 0 Å². The minimum atomic E-state index is -0.578. The predicted molar refractivity (Wildman–Crippen MR) is 135 cm³/mol. The summed E-state index contributed by atoms with van der Waals surface area (Å²) in [6.45, 7) is 4.13. The number of nitrogens with zero attached hydrogens (tertiary/aromatic N) is 3. The van der Waals surface area contributed by atoms with Crippen molar-refractivity contribution in [3.05, 3.63) is 98.5 Å². The Morgan fingerprint density at radius 3 is 2.53 bits per heavy atom. The van der Waals surface area contributed by atoms with Crippen LogP contribution < -0.4 is 10.3 Å². The number of para-hydroxylation sites is 3. The van der Waals surface area contributed by atoms with E-state index in [1.165, 1.54) is 15.5 Å². The summed E-state index contributed by atoms with van der Waals surface area (Å²) in [6.07, 6.45) is 0. The van der Waals surface area contributed by atoms with E-state index in [0.717, 1.165) is 0 Å². The fraction of sp³-hybridized carbons (Fsp3) is 0.192. The van der Waals surface area contributed by atoms with Crippen molar-refractivity contribution >= 4 is 40.0 Å². The standard InChI is InChI=1S/C26H23Cl2N3O3/c1-4-34-23-12-8-7-11-22(23)31-24(29-21-10-6-5-9-19(21)26(31)33)16(2)30(3)25(32)18-14-13-17(27)15-20(18)28/h5-16H,4H2,1-3H3. The highest BCUT2D eigenvalue weighted by Crippen LogP contribution is 2.29. The van der Waals surface area contributed by atoms with Crippen molar-refractivity contribution in [2.24, 2.45) is 0 Å². The second-order valence-corrected chi connectivity index (χ2v) is 8.59. The van der Waals surface area contributed by atoms with Gasteiger partial charge in [-0.25, -0.2) is 4.98 Å². The van der Waals surface area contributed by atoms with E-state index < -0.39 is 6.04 Å². The quantitative estimate of drug-likeness (QED) is 0.332. The Morgan fingerprint density at radius 1 is 1.09 bits per heavy atom. The Kier molecular flexibility index (Phi) is 6.91. The van der Waals surface area contributed by atoms with Gasteiger partial charge in [0.1, 0.15) is 11.6 Å². The minimum Gasteiger partial charge on any atom is -0.492 e. The first kappa shape index (κ1) is 23.8. The predicted octanol–water partition coefficient (Wildman–Crippen LogP) is 5.92. The summed E-state index contributed by atoms with van der Waals surface area (Å²) in [5.41, 5.74) is 1.17.